The number of aliphatic hydroxyl groups is 2. The third-order valence-corrected chi connectivity index (χ3v) is 3.01. The molecule has 0 saturated heterocycles. The number of rotatable bonds is 2. The summed E-state index contributed by atoms with van der Waals surface area (Å²) >= 11 is 0. The molecule has 0 saturated carbocycles. The van der Waals surface area contributed by atoms with E-state index in [1.165, 1.54) is 12.7 Å². The molecular weight excluding hydrogens is 250 g/mol. The lowest BCUT2D eigenvalue weighted by Gasteiger charge is -2.28. The summed E-state index contributed by atoms with van der Waals surface area (Å²) in [6.07, 6.45) is 4.14. The number of hydrogen-bond acceptors (Lipinski definition) is 7. The monoisotopic (exact) mass is 263 g/mol. The average Bonchev–Trinajstić information content (AvgIpc) is 2.85. The molecule has 0 aliphatic carbocycles. The van der Waals surface area contributed by atoms with Gasteiger partial charge in [0.15, 0.2) is 17.7 Å². The Kier molecular flexibility index (Phi) is 2.90. The summed E-state index contributed by atoms with van der Waals surface area (Å²) in [6.45, 7) is -0.272. The Bertz CT molecular complexity index is 626. The van der Waals surface area contributed by atoms with E-state index in [0.717, 1.165) is 0 Å². The van der Waals surface area contributed by atoms with E-state index in [2.05, 4.69) is 15.0 Å². The van der Waals surface area contributed by atoms with Crippen LogP contribution in [0.1, 0.15) is 6.23 Å². The zero-order chi connectivity index (χ0) is 13.4. The molecule has 19 heavy (non-hydrogen) atoms. The summed E-state index contributed by atoms with van der Waals surface area (Å²) < 4.78 is 7.24. The average molecular weight is 263 g/mol. The zero-order valence-corrected chi connectivity index (χ0v) is 9.92. The van der Waals surface area contributed by atoms with Crippen LogP contribution in [0.4, 0.5) is 5.82 Å². The summed E-state index contributed by atoms with van der Waals surface area (Å²) in [5.74, 6) is 0.294. The molecule has 0 aromatic carbocycles. The van der Waals surface area contributed by atoms with Crippen LogP contribution in [-0.2, 0) is 4.74 Å². The van der Waals surface area contributed by atoms with Gasteiger partial charge < -0.3 is 20.7 Å². The topological polar surface area (TPSA) is 119 Å². The molecule has 3 heterocycles. The number of nitrogens with two attached hydrogens (primary N) is 1. The van der Waals surface area contributed by atoms with Crippen molar-refractivity contribution in [3.8, 4) is 0 Å². The van der Waals surface area contributed by atoms with Crippen molar-refractivity contribution in [1.29, 1.82) is 0 Å². The van der Waals surface area contributed by atoms with Gasteiger partial charge in [-0.3, -0.25) is 4.57 Å². The third kappa shape index (κ3) is 1.95. The van der Waals surface area contributed by atoms with Gasteiger partial charge in [-0.05, 0) is 6.08 Å². The zero-order valence-electron chi connectivity index (χ0n) is 9.92. The molecule has 0 bridgehead atoms. The number of fused-ring (bicyclic) bond motifs is 1. The Labute approximate surface area is 108 Å². The highest BCUT2D eigenvalue weighted by Gasteiger charge is 2.27. The van der Waals surface area contributed by atoms with E-state index in [9.17, 15) is 5.11 Å². The number of imidazole rings is 1. The first-order valence-corrected chi connectivity index (χ1v) is 5.76. The molecule has 2 aromatic heterocycles. The molecule has 1 aliphatic rings. The van der Waals surface area contributed by atoms with Crippen molar-refractivity contribution in [1.82, 2.24) is 19.5 Å². The van der Waals surface area contributed by atoms with Crippen molar-refractivity contribution in [2.45, 2.75) is 18.4 Å². The highest BCUT2D eigenvalue weighted by Crippen LogP contribution is 2.25. The molecule has 4 N–H and O–H groups in total. The first-order chi connectivity index (χ1) is 9.20. The Balaban J connectivity index is 2.01. The largest absolute Gasteiger partial charge is 0.394 e. The summed E-state index contributed by atoms with van der Waals surface area (Å²) in [6, 6.07) is 0. The minimum Gasteiger partial charge on any atom is -0.394 e. The van der Waals surface area contributed by atoms with Crippen molar-refractivity contribution in [3.63, 3.8) is 0 Å². The molecule has 8 nitrogen and oxygen atoms in total. The number of aliphatic hydroxyl groups excluding tert-OH is 2. The predicted molar refractivity (Wildman–Crippen MR) is 65.9 cm³/mol. The van der Waals surface area contributed by atoms with Crippen LogP contribution in [0.15, 0.2) is 24.8 Å². The summed E-state index contributed by atoms with van der Waals surface area (Å²) in [7, 11) is 0. The maximum absolute atomic E-state index is 9.60. The second kappa shape index (κ2) is 4.57. The van der Waals surface area contributed by atoms with Crippen molar-refractivity contribution in [2.75, 3.05) is 12.3 Å². The smallest absolute Gasteiger partial charge is 0.167 e. The number of aromatic nitrogens is 4. The standard InChI is InChI=1S/C11H13N5O3/c12-10-9-11(14-4-13-10)16(5-15-9)8-2-1-6(18)7(3-17)19-8/h1-2,4-8,17-18H,3H2,(H2,12,13,14). The lowest BCUT2D eigenvalue weighted by atomic mass is 10.1. The minimum atomic E-state index is -0.823. The summed E-state index contributed by atoms with van der Waals surface area (Å²) in [4.78, 5) is 12.1. The van der Waals surface area contributed by atoms with E-state index in [1.54, 1.807) is 16.7 Å². The number of anilines is 1. The fraction of sp³-hybridized carbons (Fsp3) is 0.364. The molecule has 2 aromatic rings. The van der Waals surface area contributed by atoms with Crippen LogP contribution in [0, 0.1) is 0 Å². The van der Waals surface area contributed by atoms with Crippen LogP contribution in [0.25, 0.3) is 11.2 Å². The van der Waals surface area contributed by atoms with Gasteiger partial charge in [-0.2, -0.15) is 0 Å². The van der Waals surface area contributed by atoms with E-state index in [-0.39, 0.29) is 6.61 Å². The molecule has 8 heteroatoms. The summed E-state index contributed by atoms with van der Waals surface area (Å²) in [5.41, 5.74) is 6.74. The number of nitrogens with zero attached hydrogens (tertiary/aromatic N) is 4. The number of hydrogen-bond donors (Lipinski definition) is 3. The van der Waals surface area contributed by atoms with Crippen LogP contribution in [-0.4, -0.2) is 48.5 Å². The van der Waals surface area contributed by atoms with Gasteiger partial charge in [0.05, 0.1) is 12.9 Å². The second-order valence-corrected chi connectivity index (χ2v) is 4.21. The van der Waals surface area contributed by atoms with E-state index in [1.807, 2.05) is 0 Å². The lowest BCUT2D eigenvalue weighted by molar-refractivity contribution is -0.102. The molecule has 0 spiro atoms. The van der Waals surface area contributed by atoms with Gasteiger partial charge in [-0.25, -0.2) is 15.0 Å². The predicted octanol–water partition coefficient (Wildman–Crippen LogP) is -0.785. The van der Waals surface area contributed by atoms with Crippen molar-refractivity contribution < 1.29 is 14.9 Å². The van der Waals surface area contributed by atoms with E-state index in [0.29, 0.717) is 17.0 Å². The van der Waals surface area contributed by atoms with E-state index < -0.39 is 18.4 Å². The molecule has 3 rings (SSSR count). The van der Waals surface area contributed by atoms with Crippen LogP contribution in [0.3, 0.4) is 0 Å². The molecule has 3 unspecified atom stereocenters. The van der Waals surface area contributed by atoms with Crippen LogP contribution in [0.5, 0.6) is 0 Å². The maximum atomic E-state index is 9.60. The fourth-order valence-corrected chi connectivity index (χ4v) is 2.00. The van der Waals surface area contributed by atoms with Crippen LogP contribution >= 0.6 is 0 Å². The molecule has 3 atom stereocenters. The van der Waals surface area contributed by atoms with Gasteiger partial charge in [-0.1, -0.05) is 6.08 Å². The van der Waals surface area contributed by atoms with Gasteiger partial charge in [0.25, 0.3) is 0 Å². The second-order valence-electron chi connectivity index (χ2n) is 4.21. The number of ether oxygens (including phenoxy) is 1. The Morgan fingerprint density at radius 2 is 2.16 bits per heavy atom. The Hall–Kier alpha value is -2.03. The third-order valence-electron chi connectivity index (χ3n) is 3.01. The molecule has 1 aliphatic heterocycles. The fourth-order valence-electron chi connectivity index (χ4n) is 2.00. The first-order valence-electron chi connectivity index (χ1n) is 5.76. The highest BCUT2D eigenvalue weighted by atomic mass is 16.5. The molecule has 0 amide bonds. The SMILES string of the molecule is Nc1ncnc2c1ncn2C1C=CC(O)C(CO)O1. The van der Waals surface area contributed by atoms with Crippen molar-refractivity contribution in [2.24, 2.45) is 0 Å². The normalized spacial score (nSPS) is 26.9. The van der Waals surface area contributed by atoms with Gasteiger partial charge in [0.2, 0.25) is 0 Å². The first kappa shape index (κ1) is 12.0. The molecular formula is C11H13N5O3. The highest BCUT2D eigenvalue weighted by molar-refractivity contribution is 5.81. The molecule has 100 valence electrons. The minimum absolute atomic E-state index is 0.272. The van der Waals surface area contributed by atoms with E-state index >= 15 is 0 Å². The van der Waals surface area contributed by atoms with Crippen LogP contribution < -0.4 is 5.73 Å². The Morgan fingerprint density at radius 3 is 2.95 bits per heavy atom. The number of nitrogen functional groups attached to an aromatic ring is 1. The maximum Gasteiger partial charge on any atom is 0.167 e. The van der Waals surface area contributed by atoms with Gasteiger partial charge in [0.1, 0.15) is 24.1 Å². The lowest BCUT2D eigenvalue weighted by Crippen LogP contribution is -2.36. The quantitative estimate of drug-likeness (QED) is 0.608. The molecule has 0 radical (unpaired) electrons. The van der Waals surface area contributed by atoms with Gasteiger partial charge in [0, 0.05) is 0 Å². The van der Waals surface area contributed by atoms with Crippen molar-refractivity contribution >= 4 is 17.0 Å². The van der Waals surface area contributed by atoms with Crippen LogP contribution in [0.2, 0.25) is 0 Å². The molecule has 0 fully saturated rings. The van der Waals surface area contributed by atoms with Crippen molar-refractivity contribution in [3.05, 3.63) is 24.8 Å². The van der Waals surface area contributed by atoms with E-state index in [4.69, 9.17) is 15.6 Å². The Morgan fingerprint density at radius 1 is 1.32 bits per heavy atom. The van der Waals surface area contributed by atoms with Gasteiger partial charge in [-0.15, -0.1) is 0 Å². The van der Waals surface area contributed by atoms with Gasteiger partial charge >= 0.3 is 0 Å². The summed E-state index contributed by atoms with van der Waals surface area (Å²) in [5, 5.41) is 18.7.